The maximum absolute atomic E-state index is 11.0. The largest absolute Gasteiger partial charge is 0.613 e. The fourth-order valence-electron chi connectivity index (χ4n) is 0.327. The second kappa shape index (κ2) is 5.22. The van der Waals surface area contributed by atoms with Crippen LogP contribution in [0.1, 0.15) is 0 Å². The third-order valence-corrected chi connectivity index (χ3v) is 4.13. The van der Waals surface area contributed by atoms with Crippen LogP contribution in [0.15, 0.2) is 0 Å². The predicted molar refractivity (Wildman–Crippen MR) is 52.0 cm³/mol. The number of halogens is 4. The Bertz CT molecular complexity index is 119. The zero-order valence-corrected chi connectivity index (χ0v) is 9.24. The van der Waals surface area contributed by atoms with Crippen LogP contribution in [-0.4, -0.2) is 25.4 Å². The van der Waals surface area contributed by atoms with E-state index in [9.17, 15) is 4.55 Å². The van der Waals surface area contributed by atoms with Crippen LogP contribution in [0, 0.1) is 0 Å². The molecule has 0 radical (unpaired) electrons. The van der Waals surface area contributed by atoms with Crippen LogP contribution in [0.4, 0.5) is 0 Å². The maximum Gasteiger partial charge on any atom is 0.350 e. The first-order valence-electron chi connectivity index (χ1n) is 2.67. The molecule has 0 saturated heterocycles. The van der Waals surface area contributed by atoms with E-state index in [1.807, 2.05) is 0 Å². The fraction of sp³-hybridized carbons (Fsp3) is 1.00. The quantitative estimate of drug-likeness (QED) is 0.618. The van der Waals surface area contributed by atoms with Gasteiger partial charge in [-0.15, -0.1) is 11.6 Å². The molecule has 0 fully saturated rings. The summed E-state index contributed by atoms with van der Waals surface area (Å²) in [6.07, 6.45) is 0. The molecule has 7 heteroatoms. The molecule has 2 nitrogen and oxygen atoms in total. The summed E-state index contributed by atoms with van der Waals surface area (Å²) in [5.74, 6) is 0.0918. The van der Waals surface area contributed by atoms with Crippen molar-refractivity contribution in [3.8, 4) is 0 Å². The van der Waals surface area contributed by atoms with Crippen LogP contribution >= 0.6 is 46.4 Å². The Kier molecular flexibility index (Phi) is 5.90. The normalized spacial score (nSPS) is 18.0. The minimum atomic E-state index is -1.76. The molecular weight excluding hydrogens is 252 g/mol. The summed E-state index contributed by atoms with van der Waals surface area (Å²) >= 11 is 19.9. The van der Waals surface area contributed by atoms with Crippen molar-refractivity contribution in [1.29, 1.82) is 0 Å². The number of nitrogens with two attached hydrogens (primary N) is 1. The van der Waals surface area contributed by atoms with Crippen molar-refractivity contribution in [2.45, 2.75) is 8.50 Å². The molecule has 0 aromatic carbocycles. The van der Waals surface area contributed by atoms with E-state index in [4.69, 9.17) is 52.1 Å². The van der Waals surface area contributed by atoms with E-state index in [-0.39, 0.29) is 12.3 Å². The van der Waals surface area contributed by atoms with Crippen molar-refractivity contribution < 1.29 is 4.55 Å². The number of rotatable bonds is 3. The van der Waals surface area contributed by atoms with Crippen LogP contribution in [-0.2, 0) is 11.2 Å². The molecule has 0 aliphatic heterocycles. The van der Waals surface area contributed by atoms with Gasteiger partial charge in [-0.3, -0.25) is 0 Å². The molecule has 2 atom stereocenters. The van der Waals surface area contributed by atoms with Gasteiger partial charge in [-0.25, -0.2) is 0 Å². The van der Waals surface area contributed by atoms with Crippen molar-refractivity contribution in [3.05, 3.63) is 0 Å². The lowest BCUT2D eigenvalue weighted by Crippen LogP contribution is -2.31. The van der Waals surface area contributed by atoms with E-state index in [0.29, 0.717) is 0 Å². The Balaban J connectivity index is 3.77. The molecular formula is C4H7Cl4NOS. The molecule has 0 aliphatic carbocycles. The Morgan fingerprint density at radius 3 is 2.18 bits per heavy atom. The SMILES string of the molecule is NCC(Cl)C[S+]([O-])C(Cl)(Cl)Cl. The molecule has 11 heavy (non-hydrogen) atoms. The van der Waals surface area contributed by atoms with Crippen molar-refractivity contribution in [2.75, 3.05) is 12.3 Å². The summed E-state index contributed by atoms with van der Waals surface area (Å²) in [5, 5.41) is -0.411. The second-order valence-electron chi connectivity index (χ2n) is 1.79. The number of alkyl halides is 4. The van der Waals surface area contributed by atoms with Crippen molar-refractivity contribution >= 4 is 57.6 Å². The molecule has 0 aromatic rings. The fourth-order valence-corrected chi connectivity index (χ4v) is 1.89. The molecule has 0 rings (SSSR count). The average molecular weight is 259 g/mol. The first-order chi connectivity index (χ1) is 4.88. The topological polar surface area (TPSA) is 49.1 Å². The standard InChI is InChI=1S/C4H7Cl4NOS/c5-3(1-9)2-11(10)4(6,7)8/h3H,1-2,9H2. The monoisotopic (exact) mass is 257 g/mol. The van der Waals surface area contributed by atoms with Gasteiger partial charge in [0.2, 0.25) is 0 Å². The van der Waals surface area contributed by atoms with Crippen molar-refractivity contribution in [3.63, 3.8) is 0 Å². The molecule has 0 aliphatic rings. The summed E-state index contributed by atoms with van der Waals surface area (Å²) in [7, 11) is 0. The third kappa shape index (κ3) is 5.64. The van der Waals surface area contributed by atoms with Gasteiger partial charge in [-0.2, -0.15) is 0 Å². The van der Waals surface area contributed by atoms with Gasteiger partial charge < -0.3 is 10.3 Å². The lowest BCUT2D eigenvalue weighted by atomic mass is 10.5. The highest BCUT2D eigenvalue weighted by atomic mass is 35.6. The van der Waals surface area contributed by atoms with Gasteiger partial charge in [0.1, 0.15) is 5.75 Å². The third-order valence-electron chi connectivity index (χ3n) is 0.846. The minimum absolute atomic E-state index is 0.0918. The molecule has 68 valence electrons. The van der Waals surface area contributed by atoms with Gasteiger partial charge in [0.25, 0.3) is 0 Å². The predicted octanol–water partition coefficient (Wildman–Crippen LogP) is 1.63. The van der Waals surface area contributed by atoms with Gasteiger partial charge in [0.05, 0.1) is 5.38 Å². The van der Waals surface area contributed by atoms with Crippen molar-refractivity contribution in [1.82, 2.24) is 0 Å². The highest BCUT2D eigenvalue weighted by molar-refractivity contribution is 7.97. The summed E-state index contributed by atoms with van der Waals surface area (Å²) in [6, 6.07) is 0. The second-order valence-corrected chi connectivity index (χ2v) is 7.00. The van der Waals surface area contributed by atoms with Gasteiger partial charge in [0, 0.05) is 17.7 Å². The smallest absolute Gasteiger partial charge is 0.350 e. The van der Waals surface area contributed by atoms with E-state index < -0.39 is 19.7 Å². The molecule has 2 unspecified atom stereocenters. The summed E-state index contributed by atoms with van der Waals surface area (Å²) in [5.41, 5.74) is 5.17. The molecule has 0 saturated carbocycles. The van der Waals surface area contributed by atoms with Crippen LogP contribution in [0.2, 0.25) is 0 Å². The van der Waals surface area contributed by atoms with Crippen molar-refractivity contribution in [2.24, 2.45) is 5.73 Å². The van der Waals surface area contributed by atoms with E-state index in [1.165, 1.54) is 0 Å². The zero-order valence-electron chi connectivity index (χ0n) is 5.40. The lowest BCUT2D eigenvalue weighted by Gasteiger charge is -2.18. The Morgan fingerprint density at radius 1 is 1.45 bits per heavy atom. The Hall–Kier alpha value is 1.43. The van der Waals surface area contributed by atoms with Crippen LogP contribution in [0.5, 0.6) is 0 Å². The first-order valence-corrected chi connectivity index (χ1v) is 5.56. The minimum Gasteiger partial charge on any atom is -0.613 e. The molecule has 0 heterocycles. The molecule has 0 amide bonds. The first kappa shape index (κ1) is 12.4. The molecule has 2 N–H and O–H groups in total. The van der Waals surface area contributed by atoms with Crippen LogP contribution in [0.25, 0.3) is 0 Å². The Morgan fingerprint density at radius 2 is 1.91 bits per heavy atom. The molecule has 0 aromatic heterocycles. The van der Waals surface area contributed by atoms with Crippen LogP contribution < -0.4 is 5.73 Å². The van der Waals surface area contributed by atoms with Gasteiger partial charge >= 0.3 is 3.12 Å². The maximum atomic E-state index is 11.0. The Labute approximate surface area is 88.5 Å². The lowest BCUT2D eigenvalue weighted by molar-refractivity contribution is 0.593. The zero-order chi connectivity index (χ0) is 9.07. The number of hydrogen-bond donors (Lipinski definition) is 1. The molecule has 0 spiro atoms. The summed E-state index contributed by atoms with van der Waals surface area (Å²) in [4.78, 5) is 0. The van der Waals surface area contributed by atoms with E-state index in [1.54, 1.807) is 0 Å². The summed E-state index contributed by atoms with van der Waals surface area (Å²) < 4.78 is 9.25. The highest BCUT2D eigenvalue weighted by Gasteiger charge is 2.36. The van der Waals surface area contributed by atoms with Crippen LogP contribution in [0.3, 0.4) is 0 Å². The van der Waals surface area contributed by atoms with E-state index >= 15 is 0 Å². The summed E-state index contributed by atoms with van der Waals surface area (Å²) in [6.45, 7) is 0.216. The average Bonchev–Trinajstić information content (AvgIpc) is 1.85. The van der Waals surface area contributed by atoms with Gasteiger partial charge in [-0.1, -0.05) is 0 Å². The van der Waals surface area contributed by atoms with E-state index in [2.05, 4.69) is 0 Å². The van der Waals surface area contributed by atoms with E-state index in [0.717, 1.165) is 0 Å². The van der Waals surface area contributed by atoms with Gasteiger partial charge in [-0.05, 0) is 34.8 Å². The number of hydrogen-bond acceptors (Lipinski definition) is 2. The molecule has 0 bridgehead atoms. The highest BCUT2D eigenvalue weighted by Crippen LogP contribution is 2.33. The van der Waals surface area contributed by atoms with Gasteiger partial charge in [0.15, 0.2) is 0 Å².